The number of hydrogen-bond acceptors (Lipinski definition) is 4. The maximum absolute atomic E-state index is 14.4. The summed E-state index contributed by atoms with van der Waals surface area (Å²) in [4.78, 5) is 0. The van der Waals surface area contributed by atoms with Gasteiger partial charge in [-0.1, -0.05) is 0 Å². The highest BCUT2D eigenvalue weighted by molar-refractivity contribution is 5.57. The number of hydrogen-bond donors (Lipinski definition) is 2. The van der Waals surface area contributed by atoms with Crippen LogP contribution in [0.25, 0.3) is 0 Å². The van der Waals surface area contributed by atoms with Crippen LogP contribution >= 0.6 is 0 Å². The fourth-order valence-electron chi connectivity index (χ4n) is 3.02. The molecule has 0 fully saturated rings. The smallest absolute Gasteiger partial charge is 0.422 e. The van der Waals surface area contributed by atoms with Gasteiger partial charge in [0.25, 0.3) is 0 Å². The van der Waals surface area contributed by atoms with Crippen LogP contribution in [0.5, 0.6) is 23.0 Å². The largest absolute Gasteiger partial charge is 0.454 e. The molecule has 0 aliphatic rings. The van der Waals surface area contributed by atoms with Crippen LogP contribution in [0.3, 0.4) is 0 Å². The van der Waals surface area contributed by atoms with Crippen LogP contribution in [-0.2, 0) is 18.5 Å². The first kappa shape index (κ1) is 27.6. The minimum Gasteiger partial charge on any atom is -0.454 e. The second kappa shape index (κ2) is 9.15. The van der Waals surface area contributed by atoms with Crippen molar-refractivity contribution >= 4 is 11.4 Å². The van der Waals surface area contributed by atoms with Gasteiger partial charge in [-0.25, -0.2) is 13.2 Å². The zero-order valence-corrected chi connectivity index (χ0v) is 17.5. The van der Waals surface area contributed by atoms with Crippen molar-refractivity contribution in [2.75, 3.05) is 11.5 Å². The third kappa shape index (κ3) is 5.56. The molecule has 3 aromatic carbocycles. The quantitative estimate of drug-likeness (QED) is 0.256. The molecule has 0 heterocycles. The van der Waals surface area contributed by atoms with Crippen LogP contribution in [-0.4, -0.2) is 0 Å². The second-order valence-corrected chi connectivity index (χ2v) is 7.15. The van der Waals surface area contributed by atoms with E-state index in [1.165, 1.54) is 0 Å². The Morgan fingerprint density at radius 2 is 0.973 bits per heavy atom. The van der Waals surface area contributed by atoms with E-state index in [0.29, 0.717) is 6.07 Å². The molecule has 0 saturated heterocycles. The predicted molar refractivity (Wildman–Crippen MR) is 103 cm³/mol. The van der Waals surface area contributed by atoms with Gasteiger partial charge >= 0.3 is 18.5 Å². The number of rotatable bonds is 4. The van der Waals surface area contributed by atoms with Gasteiger partial charge in [-0.15, -0.1) is 0 Å². The van der Waals surface area contributed by atoms with E-state index in [0.717, 1.165) is 0 Å². The van der Waals surface area contributed by atoms with Gasteiger partial charge in [0.05, 0.1) is 22.5 Å². The van der Waals surface area contributed by atoms with E-state index in [1.54, 1.807) is 0 Å². The van der Waals surface area contributed by atoms with Crippen LogP contribution in [0.15, 0.2) is 36.4 Å². The van der Waals surface area contributed by atoms with Crippen LogP contribution in [0.1, 0.15) is 16.7 Å². The monoisotopic (exact) mass is 550 g/mol. The van der Waals surface area contributed by atoms with Crippen LogP contribution < -0.4 is 20.9 Å². The van der Waals surface area contributed by atoms with Gasteiger partial charge < -0.3 is 20.9 Å². The molecule has 0 saturated carbocycles. The third-order valence-electron chi connectivity index (χ3n) is 4.66. The first-order valence-corrected chi connectivity index (χ1v) is 9.39. The lowest BCUT2D eigenvalue weighted by molar-refractivity contribution is -0.141. The molecule has 3 aromatic rings. The average Bonchev–Trinajstić information content (AvgIpc) is 2.71. The molecule has 0 atom stereocenters. The topological polar surface area (TPSA) is 70.5 Å². The van der Waals surface area contributed by atoms with Crippen molar-refractivity contribution in [2.24, 2.45) is 0 Å². The van der Waals surface area contributed by atoms with Gasteiger partial charge in [-0.05, 0) is 24.3 Å². The van der Waals surface area contributed by atoms with E-state index in [9.17, 15) is 52.7 Å². The highest BCUT2D eigenvalue weighted by Crippen LogP contribution is 2.45. The Balaban J connectivity index is 2.10. The Bertz CT molecular complexity index is 1350. The summed E-state index contributed by atoms with van der Waals surface area (Å²) in [6, 6.07) is 1.45. The molecule has 0 amide bonds. The van der Waals surface area contributed by atoms with Crippen LogP contribution in [0.2, 0.25) is 0 Å². The Kier molecular flexibility index (Phi) is 6.83. The molecule has 37 heavy (non-hydrogen) atoms. The number of ether oxygens (including phenoxy) is 2. The minimum atomic E-state index is -5.50. The van der Waals surface area contributed by atoms with Gasteiger partial charge in [0, 0.05) is 12.1 Å². The molecular weight excluding hydrogens is 540 g/mol. The fraction of sp³-hybridized carbons (Fsp3) is 0.143. The summed E-state index contributed by atoms with van der Waals surface area (Å²) >= 11 is 0. The number of nitrogen functional groups attached to an aromatic ring is 2. The van der Waals surface area contributed by atoms with E-state index in [1.807, 2.05) is 0 Å². The summed E-state index contributed by atoms with van der Waals surface area (Å²) in [5, 5.41) is 0. The molecular formula is C21H10F12N2O2. The van der Waals surface area contributed by atoms with Gasteiger partial charge in [0.15, 0.2) is 23.1 Å². The molecule has 0 aromatic heterocycles. The number of anilines is 2. The molecule has 16 heteroatoms. The highest BCUT2D eigenvalue weighted by atomic mass is 19.4. The SMILES string of the molecule is Nc1c(C(F)(F)F)ccc(Oc2cc(F)c(C(F)(F)F)c(Oc3ccc(C(F)(F)F)c(N)c3F)c2)c1F. The molecule has 200 valence electrons. The maximum atomic E-state index is 14.4. The van der Waals surface area contributed by atoms with Crippen molar-refractivity contribution in [1.82, 2.24) is 0 Å². The van der Waals surface area contributed by atoms with Gasteiger partial charge in [0.2, 0.25) is 0 Å². The van der Waals surface area contributed by atoms with E-state index >= 15 is 0 Å². The van der Waals surface area contributed by atoms with Crippen molar-refractivity contribution in [3.05, 3.63) is 70.5 Å². The minimum absolute atomic E-state index is 0.0560. The van der Waals surface area contributed by atoms with Crippen molar-refractivity contribution < 1.29 is 62.2 Å². The number of alkyl halides is 9. The van der Waals surface area contributed by atoms with E-state index < -0.39 is 87.0 Å². The standard InChI is InChI=1S/C21H10F12N2O2/c22-10-5-7(36-11-3-1-8(19(25,26)27)17(34)15(11)23)6-13(14(10)21(31,32)33)37-12-4-2-9(20(28,29)30)18(35)16(12)24/h1-6H,34-35H2. The summed E-state index contributed by atoms with van der Waals surface area (Å²) in [5.41, 5.74) is 1.73. The molecule has 0 radical (unpaired) electrons. The van der Waals surface area contributed by atoms with E-state index in [-0.39, 0.29) is 30.3 Å². The summed E-state index contributed by atoms with van der Waals surface area (Å²) < 4.78 is 170. The zero-order valence-electron chi connectivity index (χ0n) is 17.5. The summed E-state index contributed by atoms with van der Waals surface area (Å²) in [6.45, 7) is 0. The van der Waals surface area contributed by atoms with Crippen molar-refractivity contribution in [2.45, 2.75) is 18.5 Å². The van der Waals surface area contributed by atoms with Crippen LogP contribution in [0, 0.1) is 17.5 Å². The lowest BCUT2D eigenvalue weighted by Crippen LogP contribution is -2.13. The first-order chi connectivity index (χ1) is 16.8. The van der Waals surface area contributed by atoms with Gasteiger partial charge in [-0.3, -0.25) is 0 Å². The summed E-state index contributed by atoms with van der Waals surface area (Å²) in [6.07, 6.45) is -15.7. The third-order valence-corrected chi connectivity index (χ3v) is 4.66. The molecule has 0 bridgehead atoms. The van der Waals surface area contributed by atoms with E-state index in [4.69, 9.17) is 16.2 Å². The Morgan fingerprint density at radius 3 is 1.38 bits per heavy atom. The normalized spacial score (nSPS) is 12.5. The number of halogens is 12. The predicted octanol–water partition coefficient (Wildman–Crippen LogP) is 7.91. The molecule has 0 unspecified atom stereocenters. The maximum Gasteiger partial charge on any atom is 0.422 e. The molecule has 0 aliphatic carbocycles. The second-order valence-electron chi connectivity index (χ2n) is 7.15. The lowest BCUT2D eigenvalue weighted by Gasteiger charge is -2.18. The average molecular weight is 550 g/mol. The van der Waals surface area contributed by atoms with Crippen LogP contribution in [0.4, 0.5) is 64.1 Å². The van der Waals surface area contributed by atoms with Crippen molar-refractivity contribution in [1.29, 1.82) is 0 Å². The summed E-state index contributed by atoms with van der Waals surface area (Å²) in [7, 11) is 0. The number of nitrogens with two attached hydrogens (primary N) is 2. The van der Waals surface area contributed by atoms with Gasteiger partial charge in [0.1, 0.15) is 22.9 Å². The van der Waals surface area contributed by atoms with Gasteiger partial charge in [-0.2, -0.15) is 39.5 Å². The molecule has 3 rings (SSSR count). The highest BCUT2D eigenvalue weighted by Gasteiger charge is 2.40. The Hall–Kier alpha value is -3.98. The van der Waals surface area contributed by atoms with E-state index in [2.05, 4.69) is 4.74 Å². The molecule has 4 N–H and O–H groups in total. The first-order valence-electron chi connectivity index (χ1n) is 9.39. The molecule has 0 spiro atoms. The molecule has 0 aliphatic heterocycles. The summed E-state index contributed by atoms with van der Waals surface area (Å²) in [5.74, 6) is -10.7. The zero-order chi connectivity index (χ0) is 28.1. The Labute approximate surface area is 198 Å². The van der Waals surface area contributed by atoms with Crippen molar-refractivity contribution in [3.63, 3.8) is 0 Å². The fourth-order valence-corrected chi connectivity index (χ4v) is 3.02. The van der Waals surface area contributed by atoms with Crippen molar-refractivity contribution in [3.8, 4) is 23.0 Å². The molecule has 4 nitrogen and oxygen atoms in total. The lowest BCUT2D eigenvalue weighted by atomic mass is 10.1. The Morgan fingerprint density at radius 1 is 0.541 bits per heavy atom. The number of benzene rings is 3.